The van der Waals surface area contributed by atoms with E-state index in [0.29, 0.717) is 18.6 Å². The summed E-state index contributed by atoms with van der Waals surface area (Å²) < 4.78 is 0. The van der Waals surface area contributed by atoms with E-state index in [2.05, 4.69) is 36.3 Å². The van der Waals surface area contributed by atoms with Gasteiger partial charge in [-0.25, -0.2) is 0 Å². The summed E-state index contributed by atoms with van der Waals surface area (Å²) >= 11 is 0. The third-order valence-corrected chi connectivity index (χ3v) is 4.94. The molecule has 2 unspecified atom stereocenters. The maximum Gasteiger partial charge on any atom is 0.234 e. The van der Waals surface area contributed by atoms with Crippen LogP contribution < -0.4 is 10.6 Å². The van der Waals surface area contributed by atoms with Crippen molar-refractivity contribution in [3.8, 4) is 0 Å². The number of carbonyl (C=O) groups excluding carboxylic acids is 1. The first-order valence-electron chi connectivity index (χ1n) is 8.30. The largest absolute Gasteiger partial charge is 0.350 e. The fourth-order valence-electron chi connectivity index (χ4n) is 3.40. The standard InChI is InChI=1S/C16H31N3O/c1-4-16(2,3)18-15(20)12-19-11-6-5-9-14(19)13-8-7-10-17-13/h13-14,17H,4-12H2,1-3H3,(H,18,20). The number of likely N-dealkylation sites (tertiary alicyclic amines) is 1. The predicted octanol–water partition coefficient (Wildman–Crippen LogP) is 1.90. The quantitative estimate of drug-likeness (QED) is 0.809. The van der Waals surface area contributed by atoms with E-state index < -0.39 is 0 Å². The second kappa shape index (κ2) is 6.90. The molecule has 2 N–H and O–H groups in total. The molecule has 4 heteroatoms. The van der Waals surface area contributed by atoms with Crippen molar-refractivity contribution in [2.45, 2.75) is 76.9 Å². The predicted molar refractivity (Wildman–Crippen MR) is 82.7 cm³/mol. The maximum atomic E-state index is 12.3. The highest BCUT2D eigenvalue weighted by Gasteiger charge is 2.32. The summed E-state index contributed by atoms with van der Waals surface area (Å²) in [6.07, 6.45) is 7.29. The molecule has 0 radical (unpaired) electrons. The van der Waals surface area contributed by atoms with Crippen LogP contribution in [0.4, 0.5) is 0 Å². The molecule has 4 nitrogen and oxygen atoms in total. The minimum absolute atomic E-state index is 0.0893. The molecule has 116 valence electrons. The number of nitrogens with zero attached hydrogens (tertiary/aromatic N) is 1. The molecule has 0 bridgehead atoms. The average Bonchev–Trinajstić information content (AvgIpc) is 2.92. The van der Waals surface area contributed by atoms with Crippen LogP contribution in [-0.4, -0.2) is 48.1 Å². The van der Waals surface area contributed by atoms with Crippen molar-refractivity contribution in [1.29, 1.82) is 0 Å². The third-order valence-electron chi connectivity index (χ3n) is 4.94. The SMILES string of the molecule is CCC(C)(C)NC(=O)CN1CCCCC1C1CCCN1. The fraction of sp³-hybridized carbons (Fsp3) is 0.938. The number of rotatable bonds is 5. The summed E-state index contributed by atoms with van der Waals surface area (Å²) in [4.78, 5) is 14.7. The molecule has 2 aliphatic heterocycles. The van der Waals surface area contributed by atoms with Crippen LogP contribution in [0.2, 0.25) is 0 Å². The lowest BCUT2D eigenvalue weighted by Crippen LogP contribution is -2.55. The van der Waals surface area contributed by atoms with Gasteiger partial charge in [0.05, 0.1) is 6.54 Å². The minimum Gasteiger partial charge on any atom is -0.350 e. The normalized spacial score (nSPS) is 28.6. The molecule has 0 spiro atoms. The Morgan fingerprint density at radius 1 is 1.30 bits per heavy atom. The molecule has 2 saturated heterocycles. The van der Waals surface area contributed by atoms with Gasteiger partial charge in [0.25, 0.3) is 0 Å². The van der Waals surface area contributed by atoms with Gasteiger partial charge in [-0.3, -0.25) is 9.69 Å². The Labute approximate surface area is 123 Å². The molecule has 0 aromatic rings. The van der Waals surface area contributed by atoms with Crippen LogP contribution in [0.3, 0.4) is 0 Å². The van der Waals surface area contributed by atoms with E-state index in [-0.39, 0.29) is 11.4 Å². The van der Waals surface area contributed by atoms with Gasteiger partial charge in [-0.05, 0) is 59.0 Å². The first-order chi connectivity index (χ1) is 9.52. The Morgan fingerprint density at radius 3 is 2.75 bits per heavy atom. The van der Waals surface area contributed by atoms with Gasteiger partial charge in [-0.1, -0.05) is 13.3 Å². The fourth-order valence-corrected chi connectivity index (χ4v) is 3.40. The van der Waals surface area contributed by atoms with Crippen molar-refractivity contribution < 1.29 is 4.79 Å². The number of carbonyl (C=O) groups is 1. The minimum atomic E-state index is -0.0893. The summed E-state index contributed by atoms with van der Waals surface area (Å²) in [6, 6.07) is 1.16. The highest BCUT2D eigenvalue weighted by Crippen LogP contribution is 2.24. The number of hydrogen-bond acceptors (Lipinski definition) is 3. The lowest BCUT2D eigenvalue weighted by atomic mass is 9.94. The summed E-state index contributed by atoms with van der Waals surface area (Å²) in [5, 5.41) is 6.78. The molecule has 0 aromatic heterocycles. The molecular formula is C16H31N3O. The molecule has 2 aliphatic rings. The number of piperidine rings is 1. The molecule has 0 aromatic carbocycles. The molecule has 2 fully saturated rings. The molecular weight excluding hydrogens is 250 g/mol. The van der Waals surface area contributed by atoms with Crippen molar-refractivity contribution in [1.82, 2.24) is 15.5 Å². The van der Waals surface area contributed by atoms with Crippen LogP contribution in [-0.2, 0) is 4.79 Å². The van der Waals surface area contributed by atoms with E-state index in [9.17, 15) is 4.79 Å². The Hall–Kier alpha value is -0.610. The van der Waals surface area contributed by atoms with Crippen LogP contribution in [0.15, 0.2) is 0 Å². The van der Waals surface area contributed by atoms with E-state index in [1.54, 1.807) is 0 Å². The lowest BCUT2D eigenvalue weighted by molar-refractivity contribution is -0.125. The molecule has 20 heavy (non-hydrogen) atoms. The number of nitrogens with one attached hydrogen (secondary N) is 2. The summed E-state index contributed by atoms with van der Waals surface area (Å²) in [5.41, 5.74) is -0.0893. The first-order valence-corrected chi connectivity index (χ1v) is 8.30. The van der Waals surface area contributed by atoms with Crippen LogP contribution in [0.25, 0.3) is 0 Å². The molecule has 1 amide bonds. The molecule has 0 aliphatic carbocycles. The molecule has 2 heterocycles. The Bertz CT molecular complexity index is 324. The van der Waals surface area contributed by atoms with Crippen LogP contribution in [0.1, 0.15) is 59.3 Å². The van der Waals surface area contributed by atoms with E-state index >= 15 is 0 Å². The van der Waals surface area contributed by atoms with Crippen molar-refractivity contribution >= 4 is 5.91 Å². The second-order valence-electron chi connectivity index (χ2n) is 7.02. The Balaban J connectivity index is 1.89. The van der Waals surface area contributed by atoms with Crippen molar-refractivity contribution in [2.24, 2.45) is 0 Å². The van der Waals surface area contributed by atoms with E-state index in [4.69, 9.17) is 0 Å². The lowest BCUT2D eigenvalue weighted by Gasteiger charge is -2.39. The van der Waals surface area contributed by atoms with Crippen LogP contribution in [0.5, 0.6) is 0 Å². The summed E-state index contributed by atoms with van der Waals surface area (Å²) in [5.74, 6) is 0.182. The summed E-state index contributed by atoms with van der Waals surface area (Å²) in [7, 11) is 0. The smallest absolute Gasteiger partial charge is 0.234 e. The molecule has 0 saturated carbocycles. The first kappa shape index (κ1) is 15.8. The zero-order valence-corrected chi connectivity index (χ0v) is 13.4. The zero-order chi connectivity index (χ0) is 14.6. The van der Waals surface area contributed by atoms with Gasteiger partial charge < -0.3 is 10.6 Å². The van der Waals surface area contributed by atoms with Gasteiger partial charge in [0.15, 0.2) is 0 Å². The van der Waals surface area contributed by atoms with Crippen molar-refractivity contribution in [3.05, 3.63) is 0 Å². The molecule has 2 rings (SSSR count). The third kappa shape index (κ3) is 4.19. The van der Waals surface area contributed by atoms with E-state index in [1.165, 1.54) is 32.1 Å². The van der Waals surface area contributed by atoms with Crippen molar-refractivity contribution in [3.63, 3.8) is 0 Å². The highest BCUT2D eigenvalue weighted by atomic mass is 16.2. The monoisotopic (exact) mass is 281 g/mol. The van der Waals surface area contributed by atoms with Gasteiger partial charge in [0.1, 0.15) is 0 Å². The van der Waals surface area contributed by atoms with Gasteiger partial charge in [0, 0.05) is 17.6 Å². The number of amides is 1. The van der Waals surface area contributed by atoms with Gasteiger partial charge in [-0.15, -0.1) is 0 Å². The highest BCUT2D eigenvalue weighted by molar-refractivity contribution is 5.78. The molecule has 2 atom stereocenters. The van der Waals surface area contributed by atoms with Crippen molar-refractivity contribution in [2.75, 3.05) is 19.6 Å². The van der Waals surface area contributed by atoms with E-state index in [0.717, 1.165) is 19.5 Å². The van der Waals surface area contributed by atoms with Crippen LogP contribution in [0, 0.1) is 0 Å². The second-order valence-corrected chi connectivity index (χ2v) is 7.02. The van der Waals surface area contributed by atoms with Gasteiger partial charge in [-0.2, -0.15) is 0 Å². The van der Waals surface area contributed by atoms with Gasteiger partial charge in [0.2, 0.25) is 5.91 Å². The Kier molecular flexibility index (Phi) is 5.44. The number of hydrogen-bond donors (Lipinski definition) is 2. The average molecular weight is 281 g/mol. The summed E-state index contributed by atoms with van der Waals surface area (Å²) in [6.45, 7) is 9.08. The van der Waals surface area contributed by atoms with E-state index in [1.807, 2.05) is 0 Å². The maximum absolute atomic E-state index is 12.3. The Morgan fingerprint density at radius 2 is 2.10 bits per heavy atom. The zero-order valence-electron chi connectivity index (χ0n) is 13.4. The topological polar surface area (TPSA) is 44.4 Å². The van der Waals surface area contributed by atoms with Crippen LogP contribution >= 0.6 is 0 Å². The van der Waals surface area contributed by atoms with Gasteiger partial charge >= 0.3 is 0 Å².